The van der Waals surface area contributed by atoms with Crippen LogP contribution in [0.1, 0.15) is 25.3 Å². The molecule has 0 radical (unpaired) electrons. The summed E-state index contributed by atoms with van der Waals surface area (Å²) in [7, 11) is 0. The topological polar surface area (TPSA) is 58.6 Å². The zero-order valence-electron chi connectivity index (χ0n) is 11.9. The monoisotopic (exact) mass is 277 g/mol. The molecule has 0 bridgehead atoms. The number of hydrogen-bond donors (Lipinski definition) is 2. The second-order valence-corrected chi connectivity index (χ2v) is 5.44. The molecule has 1 aliphatic rings. The van der Waals surface area contributed by atoms with E-state index in [2.05, 4.69) is 5.32 Å². The Bertz CT molecular complexity index is 415. The molecular formula is C16H23NO3. The SMILES string of the molecule is CC(NC(=O)C1CCOCC1)C(O)Cc1ccccc1. The number of rotatable bonds is 5. The Morgan fingerprint density at radius 1 is 1.35 bits per heavy atom. The summed E-state index contributed by atoms with van der Waals surface area (Å²) >= 11 is 0. The van der Waals surface area contributed by atoms with Crippen molar-refractivity contribution < 1.29 is 14.6 Å². The van der Waals surface area contributed by atoms with Crippen LogP contribution in [-0.4, -0.2) is 36.4 Å². The van der Waals surface area contributed by atoms with E-state index in [9.17, 15) is 9.90 Å². The molecule has 2 atom stereocenters. The largest absolute Gasteiger partial charge is 0.391 e. The molecule has 4 heteroatoms. The maximum Gasteiger partial charge on any atom is 0.223 e. The molecule has 2 rings (SSSR count). The van der Waals surface area contributed by atoms with Crippen molar-refractivity contribution in [2.75, 3.05) is 13.2 Å². The van der Waals surface area contributed by atoms with E-state index in [0.717, 1.165) is 18.4 Å². The number of carbonyl (C=O) groups excluding carboxylic acids is 1. The molecule has 110 valence electrons. The van der Waals surface area contributed by atoms with Gasteiger partial charge in [0.05, 0.1) is 12.1 Å². The summed E-state index contributed by atoms with van der Waals surface area (Å²) < 4.78 is 5.25. The van der Waals surface area contributed by atoms with Gasteiger partial charge < -0.3 is 15.2 Å². The maximum absolute atomic E-state index is 12.1. The van der Waals surface area contributed by atoms with E-state index >= 15 is 0 Å². The van der Waals surface area contributed by atoms with Gasteiger partial charge in [-0.2, -0.15) is 0 Å². The minimum atomic E-state index is -0.568. The molecule has 2 unspecified atom stereocenters. The number of carbonyl (C=O) groups is 1. The predicted molar refractivity (Wildman–Crippen MR) is 77.3 cm³/mol. The van der Waals surface area contributed by atoms with Crippen molar-refractivity contribution in [3.05, 3.63) is 35.9 Å². The Morgan fingerprint density at radius 3 is 2.65 bits per heavy atom. The second kappa shape index (κ2) is 7.41. The van der Waals surface area contributed by atoms with Gasteiger partial charge in [0.25, 0.3) is 0 Å². The summed E-state index contributed by atoms with van der Waals surface area (Å²) in [5.74, 6) is 0.0584. The van der Waals surface area contributed by atoms with Crippen molar-refractivity contribution >= 4 is 5.91 Å². The average Bonchev–Trinajstić information content (AvgIpc) is 2.49. The highest BCUT2D eigenvalue weighted by molar-refractivity contribution is 5.79. The van der Waals surface area contributed by atoms with Crippen molar-refractivity contribution in [3.63, 3.8) is 0 Å². The van der Waals surface area contributed by atoms with Gasteiger partial charge in [0.15, 0.2) is 0 Å². The van der Waals surface area contributed by atoms with Crippen LogP contribution in [0.5, 0.6) is 0 Å². The Kier molecular flexibility index (Phi) is 5.56. The number of benzene rings is 1. The number of aliphatic hydroxyl groups is 1. The summed E-state index contributed by atoms with van der Waals surface area (Å²) in [4.78, 5) is 12.1. The normalized spacial score (nSPS) is 19.3. The Hall–Kier alpha value is -1.39. The van der Waals surface area contributed by atoms with Gasteiger partial charge in [-0.1, -0.05) is 30.3 Å². The van der Waals surface area contributed by atoms with E-state index < -0.39 is 6.10 Å². The minimum absolute atomic E-state index is 0.0233. The standard InChI is InChI=1S/C16H23NO3/c1-12(15(18)11-13-5-3-2-4-6-13)17-16(19)14-7-9-20-10-8-14/h2-6,12,14-15,18H,7-11H2,1H3,(H,17,19). The van der Waals surface area contributed by atoms with Crippen molar-refractivity contribution in [2.45, 2.75) is 38.3 Å². The van der Waals surface area contributed by atoms with E-state index in [1.807, 2.05) is 37.3 Å². The molecule has 0 aliphatic carbocycles. The lowest BCUT2D eigenvalue weighted by molar-refractivity contribution is -0.129. The molecule has 4 nitrogen and oxygen atoms in total. The van der Waals surface area contributed by atoms with Gasteiger partial charge in [0.1, 0.15) is 0 Å². The van der Waals surface area contributed by atoms with E-state index in [1.54, 1.807) is 0 Å². The van der Waals surface area contributed by atoms with Crippen LogP contribution in [0.15, 0.2) is 30.3 Å². The molecule has 1 fully saturated rings. The lowest BCUT2D eigenvalue weighted by Gasteiger charge is -2.25. The number of amides is 1. The van der Waals surface area contributed by atoms with Crippen LogP contribution in [0.3, 0.4) is 0 Å². The van der Waals surface area contributed by atoms with E-state index in [4.69, 9.17) is 4.74 Å². The highest BCUT2D eigenvalue weighted by Crippen LogP contribution is 2.15. The first-order valence-electron chi connectivity index (χ1n) is 7.27. The molecule has 2 N–H and O–H groups in total. The van der Waals surface area contributed by atoms with Gasteiger partial charge >= 0.3 is 0 Å². The van der Waals surface area contributed by atoms with E-state index in [-0.39, 0.29) is 17.9 Å². The summed E-state index contributed by atoms with van der Waals surface area (Å²) in [5.41, 5.74) is 1.08. The molecule has 0 aromatic heterocycles. The van der Waals surface area contributed by atoms with E-state index in [0.29, 0.717) is 19.6 Å². The molecule has 20 heavy (non-hydrogen) atoms. The summed E-state index contributed by atoms with van der Waals surface area (Å²) in [6.07, 6.45) is 1.53. The molecule has 1 aromatic rings. The van der Waals surface area contributed by atoms with E-state index in [1.165, 1.54) is 0 Å². The van der Waals surface area contributed by atoms with Crippen molar-refractivity contribution in [1.82, 2.24) is 5.32 Å². The predicted octanol–water partition coefficient (Wildman–Crippen LogP) is 1.52. The molecule has 0 spiro atoms. The van der Waals surface area contributed by atoms with Gasteiger partial charge in [-0.15, -0.1) is 0 Å². The fourth-order valence-corrected chi connectivity index (χ4v) is 2.43. The first kappa shape index (κ1) is 15.0. The highest BCUT2D eigenvalue weighted by Gasteiger charge is 2.24. The van der Waals surface area contributed by atoms with Crippen LogP contribution in [0.2, 0.25) is 0 Å². The molecule has 1 saturated heterocycles. The average molecular weight is 277 g/mol. The number of ether oxygens (including phenoxy) is 1. The van der Waals surface area contributed by atoms with Crippen molar-refractivity contribution in [1.29, 1.82) is 0 Å². The van der Waals surface area contributed by atoms with Gasteiger partial charge in [-0.25, -0.2) is 0 Å². The first-order valence-corrected chi connectivity index (χ1v) is 7.27. The molecule has 1 heterocycles. The molecule has 0 saturated carbocycles. The van der Waals surface area contributed by atoms with Crippen molar-refractivity contribution in [2.24, 2.45) is 5.92 Å². The smallest absolute Gasteiger partial charge is 0.223 e. The quantitative estimate of drug-likeness (QED) is 0.858. The zero-order chi connectivity index (χ0) is 14.4. The van der Waals surface area contributed by atoms with Crippen LogP contribution in [0.4, 0.5) is 0 Å². The third-order valence-corrected chi connectivity index (χ3v) is 3.83. The number of aliphatic hydroxyl groups excluding tert-OH is 1. The van der Waals surface area contributed by atoms with Crippen LogP contribution in [0, 0.1) is 5.92 Å². The Balaban J connectivity index is 1.81. The number of nitrogens with one attached hydrogen (secondary N) is 1. The Morgan fingerprint density at radius 2 is 2.00 bits per heavy atom. The van der Waals surface area contributed by atoms with Crippen LogP contribution < -0.4 is 5.32 Å². The van der Waals surface area contributed by atoms with Crippen LogP contribution in [-0.2, 0) is 16.0 Å². The van der Waals surface area contributed by atoms with Gasteiger partial charge in [-0.3, -0.25) is 4.79 Å². The summed E-state index contributed by atoms with van der Waals surface area (Å²) in [6, 6.07) is 9.57. The lowest BCUT2D eigenvalue weighted by atomic mass is 9.98. The van der Waals surface area contributed by atoms with Crippen LogP contribution in [0.25, 0.3) is 0 Å². The molecular weight excluding hydrogens is 254 g/mol. The van der Waals surface area contributed by atoms with Gasteiger partial charge in [-0.05, 0) is 25.3 Å². The third-order valence-electron chi connectivity index (χ3n) is 3.83. The third kappa shape index (κ3) is 4.32. The fourth-order valence-electron chi connectivity index (χ4n) is 2.43. The fraction of sp³-hybridized carbons (Fsp3) is 0.562. The minimum Gasteiger partial charge on any atom is -0.391 e. The molecule has 1 aliphatic heterocycles. The lowest BCUT2D eigenvalue weighted by Crippen LogP contribution is -2.45. The van der Waals surface area contributed by atoms with Gasteiger partial charge in [0.2, 0.25) is 5.91 Å². The number of hydrogen-bond acceptors (Lipinski definition) is 3. The van der Waals surface area contributed by atoms with Crippen LogP contribution >= 0.6 is 0 Å². The second-order valence-electron chi connectivity index (χ2n) is 5.44. The maximum atomic E-state index is 12.1. The summed E-state index contributed by atoms with van der Waals surface area (Å²) in [5, 5.41) is 13.1. The Labute approximate surface area is 120 Å². The summed E-state index contributed by atoms with van der Waals surface area (Å²) in [6.45, 7) is 3.16. The molecule has 1 amide bonds. The van der Waals surface area contributed by atoms with Gasteiger partial charge in [0, 0.05) is 25.6 Å². The van der Waals surface area contributed by atoms with Crippen molar-refractivity contribution in [3.8, 4) is 0 Å². The zero-order valence-corrected chi connectivity index (χ0v) is 11.9. The first-order chi connectivity index (χ1) is 9.66. The highest BCUT2D eigenvalue weighted by atomic mass is 16.5. The molecule has 1 aromatic carbocycles.